The largest absolute Gasteiger partial charge is 0.327 e. The lowest BCUT2D eigenvalue weighted by Gasteiger charge is -2.47. The number of nitrogens with two attached hydrogens (primary N) is 1. The molecule has 0 bridgehead atoms. The van der Waals surface area contributed by atoms with Crippen molar-refractivity contribution in [3.8, 4) is 0 Å². The zero-order chi connectivity index (χ0) is 14.9. The lowest BCUT2D eigenvalue weighted by atomic mass is 9.59. The number of hydrogen-bond donors (Lipinski definition) is 1. The third-order valence-electron chi connectivity index (χ3n) is 5.37. The minimum Gasteiger partial charge on any atom is -0.327 e. The van der Waals surface area contributed by atoms with Crippen LogP contribution in [0.4, 0.5) is 0 Å². The van der Waals surface area contributed by atoms with Crippen molar-refractivity contribution in [2.75, 3.05) is 0 Å². The van der Waals surface area contributed by atoms with Gasteiger partial charge in [0.05, 0.1) is 0 Å². The van der Waals surface area contributed by atoms with Crippen LogP contribution in [0, 0.1) is 13.8 Å². The smallest absolute Gasteiger partial charge is 0.0177 e. The van der Waals surface area contributed by atoms with Gasteiger partial charge in [-0.15, -0.1) is 0 Å². The maximum Gasteiger partial charge on any atom is 0.0177 e. The lowest BCUT2D eigenvalue weighted by Crippen LogP contribution is -2.51. The van der Waals surface area contributed by atoms with E-state index in [2.05, 4.69) is 62.4 Å². The average molecular weight is 279 g/mol. The first kappa shape index (κ1) is 14.3. The summed E-state index contributed by atoms with van der Waals surface area (Å²) in [6.45, 7) is 4.40. The van der Waals surface area contributed by atoms with Gasteiger partial charge in [-0.3, -0.25) is 0 Å². The van der Waals surface area contributed by atoms with Crippen molar-refractivity contribution < 1.29 is 0 Å². The van der Waals surface area contributed by atoms with E-state index < -0.39 is 0 Å². The lowest BCUT2D eigenvalue weighted by molar-refractivity contribution is 0.194. The van der Waals surface area contributed by atoms with Gasteiger partial charge in [-0.1, -0.05) is 55.0 Å². The van der Waals surface area contributed by atoms with E-state index in [-0.39, 0.29) is 11.5 Å². The molecule has 1 fully saturated rings. The van der Waals surface area contributed by atoms with Gasteiger partial charge in [0.2, 0.25) is 0 Å². The van der Waals surface area contributed by atoms with Crippen molar-refractivity contribution in [3.63, 3.8) is 0 Å². The molecule has 0 heterocycles. The molecule has 2 aromatic carbocycles. The van der Waals surface area contributed by atoms with E-state index in [1.165, 1.54) is 41.5 Å². The van der Waals surface area contributed by atoms with Gasteiger partial charge in [-0.25, -0.2) is 0 Å². The van der Waals surface area contributed by atoms with Crippen LogP contribution in [0.25, 0.3) is 0 Å². The van der Waals surface area contributed by atoms with Crippen molar-refractivity contribution in [2.24, 2.45) is 5.73 Å². The minimum absolute atomic E-state index is 0.190. The molecule has 3 rings (SSSR count). The monoisotopic (exact) mass is 279 g/mol. The Labute approximate surface area is 128 Å². The number of rotatable bonds is 4. The summed E-state index contributed by atoms with van der Waals surface area (Å²) in [7, 11) is 0. The van der Waals surface area contributed by atoms with Crippen LogP contribution < -0.4 is 5.73 Å². The number of benzene rings is 2. The molecule has 110 valence electrons. The average Bonchev–Trinajstić information content (AvgIpc) is 2.43. The molecular weight excluding hydrogens is 254 g/mol. The molecule has 2 N–H and O–H groups in total. The summed E-state index contributed by atoms with van der Waals surface area (Å²) in [6.07, 6.45) is 4.73. The fourth-order valence-electron chi connectivity index (χ4n) is 3.79. The van der Waals surface area contributed by atoms with Crippen LogP contribution in [0.2, 0.25) is 0 Å². The highest BCUT2D eigenvalue weighted by Crippen LogP contribution is 2.46. The Morgan fingerprint density at radius 2 is 1.57 bits per heavy atom. The molecule has 0 saturated heterocycles. The van der Waals surface area contributed by atoms with E-state index in [9.17, 15) is 0 Å². The maximum atomic E-state index is 6.72. The van der Waals surface area contributed by atoms with E-state index in [4.69, 9.17) is 5.73 Å². The second kappa shape index (κ2) is 5.65. The van der Waals surface area contributed by atoms with Crippen molar-refractivity contribution in [1.29, 1.82) is 0 Å². The summed E-state index contributed by atoms with van der Waals surface area (Å²) in [5, 5.41) is 0. The van der Waals surface area contributed by atoms with Crippen molar-refractivity contribution >= 4 is 0 Å². The van der Waals surface area contributed by atoms with Crippen LogP contribution in [0.15, 0.2) is 48.5 Å². The Morgan fingerprint density at radius 1 is 0.952 bits per heavy atom. The van der Waals surface area contributed by atoms with Gasteiger partial charge < -0.3 is 5.73 Å². The van der Waals surface area contributed by atoms with Gasteiger partial charge in [-0.05, 0) is 55.4 Å². The van der Waals surface area contributed by atoms with Crippen LogP contribution in [-0.2, 0) is 11.8 Å². The SMILES string of the molecule is Cc1cccc(C)c1CC(N)C1(c2ccccc2)CCC1. The highest BCUT2D eigenvalue weighted by Gasteiger charge is 2.43. The summed E-state index contributed by atoms with van der Waals surface area (Å²) in [5.74, 6) is 0. The molecule has 2 aromatic rings. The van der Waals surface area contributed by atoms with E-state index >= 15 is 0 Å². The molecule has 0 amide bonds. The molecule has 21 heavy (non-hydrogen) atoms. The van der Waals surface area contributed by atoms with Crippen LogP contribution in [0.3, 0.4) is 0 Å². The highest BCUT2D eigenvalue weighted by atomic mass is 14.7. The minimum atomic E-state index is 0.190. The maximum absolute atomic E-state index is 6.72. The van der Waals surface area contributed by atoms with Crippen LogP contribution in [0.1, 0.15) is 41.5 Å². The van der Waals surface area contributed by atoms with Crippen molar-refractivity contribution in [3.05, 3.63) is 70.8 Å². The molecule has 1 saturated carbocycles. The highest BCUT2D eigenvalue weighted by molar-refractivity contribution is 5.37. The van der Waals surface area contributed by atoms with Gasteiger partial charge in [0.15, 0.2) is 0 Å². The molecule has 1 unspecified atom stereocenters. The fraction of sp³-hybridized carbons (Fsp3) is 0.400. The number of hydrogen-bond acceptors (Lipinski definition) is 1. The van der Waals surface area contributed by atoms with Crippen molar-refractivity contribution in [2.45, 2.75) is 51.0 Å². The van der Waals surface area contributed by atoms with Gasteiger partial charge >= 0.3 is 0 Å². The van der Waals surface area contributed by atoms with Crippen LogP contribution in [-0.4, -0.2) is 6.04 Å². The molecule has 1 aliphatic rings. The molecule has 1 heteroatoms. The number of aryl methyl sites for hydroxylation is 2. The quantitative estimate of drug-likeness (QED) is 0.887. The van der Waals surface area contributed by atoms with E-state index in [0.717, 1.165) is 6.42 Å². The summed E-state index contributed by atoms with van der Waals surface area (Å²) in [5.41, 5.74) is 12.5. The Morgan fingerprint density at radius 3 is 2.10 bits per heavy atom. The predicted octanol–water partition coefficient (Wildman–Crippen LogP) is 4.30. The van der Waals surface area contributed by atoms with Gasteiger partial charge in [0, 0.05) is 11.5 Å². The molecule has 0 aliphatic heterocycles. The molecule has 0 aromatic heterocycles. The van der Waals surface area contributed by atoms with Crippen molar-refractivity contribution in [1.82, 2.24) is 0 Å². The topological polar surface area (TPSA) is 26.0 Å². The molecule has 1 aliphatic carbocycles. The Kier molecular flexibility index (Phi) is 3.86. The standard InChI is InChI=1S/C20H25N/c1-15-8-6-9-16(2)18(15)14-19(21)20(12-7-13-20)17-10-4-3-5-11-17/h3-6,8-11,19H,7,12-14,21H2,1-2H3. The molecule has 1 nitrogen and oxygen atoms in total. The first-order valence-electron chi connectivity index (χ1n) is 8.00. The Hall–Kier alpha value is -1.60. The summed E-state index contributed by atoms with van der Waals surface area (Å²) < 4.78 is 0. The molecule has 1 atom stereocenters. The van der Waals surface area contributed by atoms with E-state index in [1.807, 2.05) is 0 Å². The summed E-state index contributed by atoms with van der Waals surface area (Å²) in [6, 6.07) is 17.6. The zero-order valence-corrected chi connectivity index (χ0v) is 13.1. The van der Waals surface area contributed by atoms with Gasteiger partial charge in [-0.2, -0.15) is 0 Å². The van der Waals surface area contributed by atoms with E-state index in [0.29, 0.717) is 0 Å². The van der Waals surface area contributed by atoms with E-state index in [1.54, 1.807) is 0 Å². The van der Waals surface area contributed by atoms with Gasteiger partial charge in [0.1, 0.15) is 0 Å². The van der Waals surface area contributed by atoms with Crippen LogP contribution in [0.5, 0.6) is 0 Å². The summed E-state index contributed by atoms with van der Waals surface area (Å²) in [4.78, 5) is 0. The molecule has 0 radical (unpaired) electrons. The Balaban J connectivity index is 1.89. The molecular formula is C20H25N. The second-order valence-electron chi connectivity index (χ2n) is 6.56. The second-order valence-corrected chi connectivity index (χ2v) is 6.56. The predicted molar refractivity (Wildman–Crippen MR) is 89.6 cm³/mol. The Bertz CT molecular complexity index is 591. The zero-order valence-electron chi connectivity index (χ0n) is 13.1. The normalized spacial score (nSPS) is 18.0. The fourth-order valence-corrected chi connectivity index (χ4v) is 3.79. The van der Waals surface area contributed by atoms with Crippen LogP contribution >= 0.6 is 0 Å². The third kappa shape index (κ3) is 2.51. The molecule has 0 spiro atoms. The van der Waals surface area contributed by atoms with Gasteiger partial charge in [0.25, 0.3) is 0 Å². The third-order valence-corrected chi connectivity index (χ3v) is 5.37. The summed E-state index contributed by atoms with van der Waals surface area (Å²) >= 11 is 0. The first-order valence-corrected chi connectivity index (χ1v) is 8.00. The first-order chi connectivity index (χ1) is 10.1.